The van der Waals surface area contributed by atoms with Crippen molar-refractivity contribution < 1.29 is 17.6 Å². The number of aromatic amines is 1. The number of aromatic nitrogens is 6. The second-order valence-electron chi connectivity index (χ2n) is 10.3. The van der Waals surface area contributed by atoms with Crippen LogP contribution in [0.1, 0.15) is 30.5 Å². The fraction of sp³-hybridized carbons (Fsp3) is 0.241. The molecule has 41 heavy (non-hydrogen) atoms. The number of nitrogens with zero attached hydrogens (tertiary/aromatic N) is 6. The number of rotatable bonds is 6. The molecule has 1 aliphatic rings. The molecule has 0 bridgehead atoms. The van der Waals surface area contributed by atoms with Crippen molar-refractivity contribution in [1.29, 1.82) is 0 Å². The van der Waals surface area contributed by atoms with Gasteiger partial charge in [0.2, 0.25) is 5.89 Å². The summed E-state index contributed by atoms with van der Waals surface area (Å²) >= 11 is 0. The molecule has 7 rings (SSSR count). The maximum Gasteiger partial charge on any atom is 0.329 e. The summed E-state index contributed by atoms with van der Waals surface area (Å²) in [5.41, 5.74) is 3.82. The van der Waals surface area contributed by atoms with Gasteiger partial charge in [0, 0.05) is 41.5 Å². The van der Waals surface area contributed by atoms with Crippen LogP contribution in [0.3, 0.4) is 0 Å². The number of likely N-dealkylation sites (tertiary alicyclic amines) is 1. The molecule has 2 aromatic carbocycles. The van der Waals surface area contributed by atoms with E-state index in [9.17, 15) is 13.6 Å². The Balaban J connectivity index is 1.32. The van der Waals surface area contributed by atoms with Crippen molar-refractivity contribution in [2.24, 2.45) is 0 Å². The lowest BCUT2D eigenvalue weighted by Crippen LogP contribution is -2.29. The molecule has 0 amide bonds. The minimum Gasteiger partial charge on any atom is -0.415 e. The Hall–Kier alpha value is -4.71. The highest BCUT2D eigenvalue weighted by atomic mass is 19.3. The molecule has 0 saturated carbocycles. The minimum atomic E-state index is -2.87. The van der Waals surface area contributed by atoms with Gasteiger partial charge in [-0.2, -0.15) is 8.78 Å². The van der Waals surface area contributed by atoms with Crippen LogP contribution in [-0.2, 0) is 6.54 Å². The number of hydrogen-bond acceptors (Lipinski definition) is 6. The summed E-state index contributed by atoms with van der Waals surface area (Å²) in [6.45, 7) is 1.65. The molecule has 1 N–H and O–H groups in total. The summed E-state index contributed by atoms with van der Waals surface area (Å²) in [7, 11) is 2.01. The van der Waals surface area contributed by atoms with Gasteiger partial charge in [0.25, 0.3) is 5.89 Å². The van der Waals surface area contributed by atoms with E-state index >= 15 is 4.39 Å². The van der Waals surface area contributed by atoms with Crippen LogP contribution in [-0.4, -0.2) is 54.3 Å². The first-order chi connectivity index (χ1) is 19.9. The number of benzene rings is 2. The molecule has 0 aliphatic carbocycles. The molecule has 0 spiro atoms. The molecule has 4 aromatic heterocycles. The predicted octanol–water partition coefficient (Wildman–Crippen LogP) is 5.40. The molecule has 12 heteroatoms. The molecule has 0 unspecified atom stereocenters. The van der Waals surface area contributed by atoms with Gasteiger partial charge in [0.15, 0.2) is 0 Å². The second-order valence-corrected chi connectivity index (χ2v) is 10.3. The van der Waals surface area contributed by atoms with E-state index in [-0.39, 0.29) is 24.2 Å². The van der Waals surface area contributed by atoms with E-state index in [1.165, 1.54) is 16.8 Å². The zero-order valence-corrected chi connectivity index (χ0v) is 21.9. The van der Waals surface area contributed by atoms with E-state index in [0.29, 0.717) is 34.4 Å². The van der Waals surface area contributed by atoms with Crippen molar-refractivity contribution in [1.82, 2.24) is 34.2 Å². The van der Waals surface area contributed by atoms with Gasteiger partial charge < -0.3 is 14.3 Å². The fourth-order valence-corrected chi connectivity index (χ4v) is 5.70. The van der Waals surface area contributed by atoms with Gasteiger partial charge in [-0.3, -0.25) is 14.1 Å². The van der Waals surface area contributed by atoms with Crippen LogP contribution in [0.5, 0.6) is 0 Å². The highest BCUT2D eigenvalue weighted by Gasteiger charge is 2.28. The standard InChI is InChI=1S/C29H24F3N7O2/c1-37-10-8-18(15-37)39-25-11-21(19-3-2-4-23-20(19)7-9-33-23)22(30)12-24(25)38(29(39)40)14-17-6-5-16(13-34-17)27-35-36-28(41-27)26(31)32/h2-7,9,11-13,18,26,33H,8,10,14-15H2,1H3/t18-/m0/s1. The van der Waals surface area contributed by atoms with Crippen molar-refractivity contribution in [2.45, 2.75) is 25.4 Å². The topological polar surface area (TPSA) is 97.8 Å². The number of alkyl halides is 2. The average molecular weight is 560 g/mol. The molecule has 1 aliphatic heterocycles. The Morgan fingerprint density at radius 2 is 1.98 bits per heavy atom. The van der Waals surface area contributed by atoms with Gasteiger partial charge in [0.05, 0.1) is 34.9 Å². The number of imidazole rings is 1. The molecular weight excluding hydrogens is 535 g/mol. The largest absolute Gasteiger partial charge is 0.415 e. The number of pyridine rings is 1. The van der Waals surface area contributed by atoms with Crippen LogP contribution in [0.4, 0.5) is 13.2 Å². The molecule has 6 aromatic rings. The van der Waals surface area contributed by atoms with E-state index in [2.05, 4.69) is 25.1 Å². The number of likely N-dealkylation sites (N-methyl/N-ethyl adjacent to an activating group) is 1. The molecule has 9 nitrogen and oxygen atoms in total. The minimum absolute atomic E-state index is 0.0606. The molecule has 1 saturated heterocycles. The van der Waals surface area contributed by atoms with E-state index in [1.807, 2.05) is 37.5 Å². The SMILES string of the molecule is CN1CC[C@H](n2c(=O)n(Cc3ccc(-c4nnc(C(F)F)o4)cn3)c3cc(F)c(-c4cccc5[nH]ccc45)cc32)C1. The first-order valence-corrected chi connectivity index (χ1v) is 13.1. The highest BCUT2D eigenvalue weighted by molar-refractivity contribution is 5.97. The first-order valence-electron chi connectivity index (χ1n) is 13.1. The van der Waals surface area contributed by atoms with Gasteiger partial charge in [0.1, 0.15) is 5.82 Å². The van der Waals surface area contributed by atoms with Gasteiger partial charge in [-0.1, -0.05) is 12.1 Å². The maximum atomic E-state index is 15.8. The number of nitrogens with one attached hydrogen (secondary N) is 1. The number of fused-ring (bicyclic) bond motifs is 2. The molecule has 208 valence electrons. The zero-order chi connectivity index (χ0) is 28.2. The Kier molecular flexibility index (Phi) is 6.00. The normalized spacial score (nSPS) is 16.1. The van der Waals surface area contributed by atoms with Gasteiger partial charge >= 0.3 is 12.1 Å². The summed E-state index contributed by atoms with van der Waals surface area (Å²) in [5.74, 6) is -1.28. The predicted molar refractivity (Wildman–Crippen MR) is 146 cm³/mol. The Bertz CT molecular complexity index is 1960. The van der Waals surface area contributed by atoms with Gasteiger partial charge in [-0.15, -0.1) is 10.2 Å². The van der Waals surface area contributed by atoms with Crippen molar-refractivity contribution in [3.05, 3.63) is 88.8 Å². The van der Waals surface area contributed by atoms with Crippen LogP contribution >= 0.6 is 0 Å². The smallest absolute Gasteiger partial charge is 0.329 e. The number of H-pyrrole nitrogens is 1. The third-order valence-corrected chi connectivity index (χ3v) is 7.69. The van der Waals surface area contributed by atoms with E-state index in [0.717, 1.165) is 29.4 Å². The number of hydrogen-bond donors (Lipinski definition) is 1. The lowest BCUT2D eigenvalue weighted by atomic mass is 10.0. The van der Waals surface area contributed by atoms with Crippen molar-refractivity contribution >= 4 is 21.9 Å². The summed E-state index contributed by atoms with van der Waals surface area (Å²) in [6, 6.07) is 14.0. The van der Waals surface area contributed by atoms with Gasteiger partial charge in [-0.05, 0) is 55.9 Å². The fourth-order valence-electron chi connectivity index (χ4n) is 5.70. The summed E-state index contributed by atoms with van der Waals surface area (Å²) in [4.78, 5) is 23.7. The van der Waals surface area contributed by atoms with E-state index in [4.69, 9.17) is 4.42 Å². The van der Waals surface area contributed by atoms with Crippen LogP contribution in [0.25, 0.3) is 44.5 Å². The highest BCUT2D eigenvalue weighted by Crippen LogP contribution is 2.34. The van der Waals surface area contributed by atoms with Crippen molar-refractivity contribution in [2.75, 3.05) is 20.1 Å². The van der Waals surface area contributed by atoms with Crippen LogP contribution in [0, 0.1) is 5.82 Å². The van der Waals surface area contributed by atoms with Crippen LogP contribution in [0.2, 0.25) is 0 Å². The third kappa shape index (κ3) is 4.31. The Morgan fingerprint density at radius 3 is 2.71 bits per heavy atom. The Morgan fingerprint density at radius 1 is 1.10 bits per heavy atom. The summed E-state index contributed by atoms with van der Waals surface area (Å²) < 4.78 is 49.8. The van der Waals surface area contributed by atoms with Crippen molar-refractivity contribution in [3.63, 3.8) is 0 Å². The molecular formula is C29H24F3N7O2. The molecule has 0 radical (unpaired) electrons. The Labute approximate surface area is 230 Å². The monoisotopic (exact) mass is 559 g/mol. The van der Waals surface area contributed by atoms with Crippen LogP contribution < -0.4 is 5.69 Å². The zero-order valence-electron chi connectivity index (χ0n) is 21.9. The molecule has 1 atom stereocenters. The maximum absolute atomic E-state index is 15.8. The number of halogens is 3. The third-order valence-electron chi connectivity index (χ3n) is 7.69. The average Bonchev–Trinajstić information content (AvgIpc) is 3.76. The quantitative estimate of drug-likeness (QED) is 0.294. The second kappa shape index (κ2) is 9.73. The first kappa shape index (κ1) is 25.3. The van der Waals surface area contributed by atoms with E-state index < -0.39 is 18.1 Å². The van der Waals surface area contributed by atoms with Gasteiger partial charge in [-0.25, -0.2) is 9.18 Å². The van der Waals surface area contributed by atoms with Crippen molar-refractivity contribution in [3.8, 4) is 22.6 Å². The molecule has 5 heterocycles. The summed E-state index contributed by atoms with van der Waals surface area (Å²) in [5, 5.41) is 7.88. The lowest BCUT2D eigenvalue weighted by Gasteiger charge is -2.13. The summed E-state index contributed by atoms with van der Waals surface area (Å²) in [6.07, 6.45) is 1.17. The van der Waals surface area contributed by atoms with Crippen LogP contribution in [0.15, 0.2) is 70.1 Å². The van der Waals surface area contributed by atoms with E-state index in [1.54, 1.807) is 22.8 Å². The molecule has 1 fully saturated rings. The lowest BCUT2D eigenvalue weighted by molar-refractivity contribution is 0.116.